The number of carbonyl (C=O) groups is 1. The highest BCUT2D eigenvalue weighted by Gasteiger charge is 2.47. The summed E-state index contributed by atoms with van der Waals surface area (Å²) in [4.78, 5) is 14.6. The van der Waals surface area contributed by atoms with Crippen LogP contribution in [0.15, 0.2) is 54.6 Å². The molecular formula is C20H24N2O3. The van der Waals surface area contributed by atoms with Crippen molar-refractivity contribution in [2.24, 2.45) is 0 Å². The van der Waals surface area contributed by atoms with Gasteiger partial charge in [0.25, 0.3) is 5.91 Å². The molecule has 1 fully saturated rings. The van der Waals surface area contributed by atoms with Crippen LogP contribution in [0.2, 0.25) is 0 Å². The van der Waals surface area contributed by atoms with Crippen LogP contribution in [-0.2, 0) is 9.53 Å². The minimum Gasteiger partial charge on any atom is -0.497 e. The van der Waals surface area contributed by atoms with Gasteiger partial charge in [-0.2, -0.15) is 0 Å². The largest absolute Gasteiger partial charge is 0.497 e. The molecule has 2 atom stereocenters. The fourth-order valence-corrected chi connectivity index (χ4v) is 3.18. The van der Waals surface area contributed by atoms with Crippen molar-refractivity contribution in [3.05, 3.63) is 60.2 Å². The number of methoxy groups -OCH3 is 1. The maximum Gasteiger partial charge on any atom is 0.256 e. The molecule has 5 nitrogen and oxygen atoms in total. The number of amides is 1. The van der Waals surface area contributed by atoms with E-state index in [1.807, 2.05) is 68.6 Å². The molecule has 0 spiro atoms. The van der Waals surface area contributed by atoms with Crippen LogP contribution in [0, 0.1) is 0 Å². The van der Waals surface area contributed by atoms with Crippen molar-refractivity contribution in [2.75, 3.05) is 32.6 Å². The molecule has 132 valence electrons. The molecule has 1 aliphatic heterocycles. The van der Waals surface area contributed by atoms with Crippen molar-refractivity contribution >= 4 is 11.6 Å². The second kappa shape index (κ2) is 7.15. The molecule has 2 unspecified atom stereocenters. The quantitative estimate of drug-likeness (QED) is 0.909. The lowest BCUT2D eigenvalue weighted by Crippen LogP contribution is -2.58. The number of rotatable bonds is 5. The van der Waals surface area contributed by atoms with Gasteiger partial charge >= 0.3 is 0 Å². The van der Waals surface area contributed by atoms with Crippen molar-refractivity contribution < 1.29 is 14.3 Å². The van der Waals surface area contributed by atoms with Crippen LogP contribution in [0.5, 0.6) is 5.75 Å². The van der Waals surface area contributed by atoms with Crippen LogP contribution in [0.25, 0.3) is 0 Å². The summed E-state index contributed by atoms with van der Waals surface area (Å²) in [5.74, 6) is 0.753. The molecule has 1 amide bonds. The van der Waals surface area contributed by atoms with Crippen LogP contribution in [-0.4, -0.2) is 43.7 Å². The Bertz CT molecular complexity index is 717. The molecule has 0 bridgehead atoms. The number of benzene rings is 2. The molecular weight excluding hydrogens is 316 g/mol. The van der Waals surface area contributed by atoms with Crippen molar-refractivity contribution in [1.82, 2.24) is 4.90 Å². The van der Waals surface area contributed by atoms with Crippen molar-refractivity contribution in [3.8, 4) is 5.75 Å². The lowest BCUT2D eigenvalue weighted by Gasteiger charge is -2.43. The van der Waals surface area contributed by atoms with Gasteiger partial charge in [-0.3, -0.25) is 4.79 Å². The molecule has 2 aromatic rings. The first-order valence-corrected chi connectivity index (χ1v) is 8.39. The Balaban J connectivity index is 1.99. The lowest BCUT2D eigenvalue weighted by molar-refractivity contribution is -0.169. The molecule has 1 saturated heterocycles. The minimum atomic E-state index is -0.989. The van der Waals surface area contributed by atoms with E-state index < -0.39 is 5.60 Å². The number of hydrogen-bond donors (Lipinski definition) is 1. The fourth-order valence-electron chi connectivity index (χ4n) is 3.18. The number of carbonyl (C=O) groups excluding carboxylic acids is 1. The third-order valence-corrected chi connectivity index (χ3v) is 4.68. The van der Waals surface area contributed by atoms with Crippen molar-refractivity contribution in [2.45, 2.75) is 18.6 Å². The highest BCUT2D eigenvalue weighted by Crippen LogP contribution is 2.36. The average molecular weight is 340 g/mol. The monoisotopic (exact) mass is 340 g/mol. The summed E-state index contributed by atoms with van der Waals surface area (Å²) in [5.41, 5.74) is 0.919. The number of nitrogens with one attached hydrogen (secondary N) is 1. The van der Waals surface area contributed by atoms with Gasteiger partial charge in [0, 0.05) is 19.3 Å². The normalized spacial score (nSPS) is 21.7. The second-order valence-corrected chi connectivity index (χ2v) is 6.40. The number of ether oxygens (including phenoxy) is 2. The fraction of sp³-hybridized carbons (Fsp3) is 0.350. The summed E-state index contributed by atoms with van der Waals surface area (Å²) in [6.45, 7) is 2.98. The van der Waals surface area contributed by atoms with E-state index in [0.717, 1.165) is 17.0 Å². The van der Waals surface area contributed by atoms with Gasteiger partial charge in [0.2, 0.25) is 0 Å². The first-order chi connectivity index (χ1) is 12.0. The molecule has 1 aliphatic rings. The molecule has 1 N–H and O–H groups in total. The molecule has 0 aromatic heterocycles. The van der Waals surface area contributed by atoms with E-state index in [9.17, 15) is 4.79 Å². The molecule has 25 heavy (non-hydrogen) atoms. The van der Waals surface area contributed by atoms with Gasteiger partial charge in [-0.1, -0.05) is 30.3 Å². The average Bonchev–Trinajstić information content (AvgIpc) is 2.65. The van der Waals surface area contributed by atoms with Gasteiger partial charge in [-0.25, -0.2) is 0 Å². The van der Waals surface area contributed by atoms with Crippen LogP contribution in [0.4, 0.5) is 5.69 Å². The summed E-state index contributed by atoms with van der Waals surface area (Å²) < 4.78 is 11.3. The van der Waals surface area contributed by atoms with Crippen LogP contribution >= 0.6 is 0 Å². The number of morpholine rings is 1. The Morgan fingerprint density at radius 2 is 1.84 bits per heavy atom. The Kier molecular flexibility index (Phi) is 4.95. The predicted octanol–water partition coefficient (Wildman–Crippen LogP) is 3.10. The smallest absolute Gasteiger partial charge is 0.256 e. The lowest BCUT2D eigenvalue weighted by atomic mass is 9.87. The molecule has 3 rings (SSSR count). The van der Waals surface area contributed by atoms with E-state index >= 15 is 0 Å². The summed E-state index contributed by atoms with van der Waals surface area (Å²) in [7, 11) is 3.45. The number of para-hydroxylation sites is 1. The minimum absolute atomic E-state index is 0.0250. The van der Waals surface area contributed by atoms with Crippen LogP contribution < -0.4 is 10.1 Å². The topological polar surface area (TPSA) is 50.8 Å². The molecule has 1 heterocycles. The highest BCUT2D eigenvalue weighted by molar-refractivity contribution is 5.87. The first kappa shape index (κ1) is 17.3. The van der Waals surface area contributed by atoms with Gasteiger partial charge in [-0.05, 0) is 36.8 Å². The zero-order chi connectivity index (χ0) is 17.9. The van der Waals surface area contributed by atoms with E-state index in [1.54, 1.807) is 12.0 Å². The molecule has 0 saturated carbocycles. The summed E-state index contributed by atoms with van der Waals surface area (Å²) in [5, 5.41) is 3.48. The van der Waals surface area contributed by atoms with Crippen molar-refractivity contribution in [1.29, 1.82) is 0 Å². The van der Waals surface area contributed by atoms with Crippen LogP contribution in [0.1, 0.15) is 18.5 Å². The van der Waals surface area contributed by atoms with Gasteiger partial charge in [0.05, 0.1) is 19.8 Å². The van der Waals surface area contributed by atoms with E-state index in [0.29, 0.717) is 13.2 Å². The molecule has 0 radical (unpaired) electrons. The van der Waals surface area contributed by atoms with Gasteiger partial charge in [0.15, 0.2) is 5.60 Å². The van der Waals surface area contributed by atoms with Crippen molar-refractivity contribution in [3.63, 3.8) is 0 Å². The highest BCUT2D eigenvalue weighted by atomic mass is 16.5. The van der Waals surface area contributed by atoms with E-state index in [1.165, 1.54) is 0 Å². The Morgan fingerprint density at radius 3 is 2.48 bits per heavy atom. The predicted molar refractivity (Wildman–Crippen MR) is 97.8 cm³/mol. The molecule has 2 aromatic carbocycles. The maximum absolute atomic E-state index is 12.9. The maximum atomic E-state index is 12.9. The van der Waals surface area contributed by atoms with E-state index in [2.05, 4.69) is 5.32 Å². The standard InChI is InChI=1S/C20H24N2O3/c1-20(19(23)22(2)13-14-25-20)18(21-16-7-5-4-6-8-16)15-9-11-17(24-3)12-10-15/h4-12,18,21H,13-14H2,1-3H3. The van der Waals surface area contributed by atoms with E-state index in [-0.39, 0.29) is 11.9 Å². The Labute approximate surface area is 148 Å². The molecule has 5 heteroatoms. The second-order valence-electron chi connectivity index (χ2n) is 6.40. The zero-order valence-corrected chi connectivity index (χ0v) is 14.9. The van der Waals surface area contributed by atoms with E-state index in [4.69, 9.17) is 9.47 Å². The summed E-state index contributed by atoms with van der Waals surface area (Å²) in [6, 6.07) is 17.3. The number of nitrogens with zero attached hydrogens (tertiary/aromatic N) is 1. The van der Waals surface area contributed by atoms with Gasteiger partial charge < -0.3 is 19.7 Å². The SMILES string of the molecule is COc1ccc(C(Nc2ccccc2)C2(C)OCCN(C)C2=O)cc1. The molecule has 0 aliphatic carbocycles. The summed E-state index contributed by atoms with van der Waals surface area (Å²) in [6.07, 6.45) is 0. The Morgan fingerprint density at radius 1 is 1.16 bits per heavy atom. The Hall–Kier alpha value is -2.53. The number of anilines is 1. The summed E-state index contributed by atoms with van der Waals surface area (Å²) >= 11 is 0. The van der Waals surface area contributed by atoms with Gasteiger partial charge in [-0.15, -0.1) is 0 Å². The first-order valence-electron chi connectivity index (χ1n) is 8.39. The number of likely N-dealkylation sites (N-methyl/N-ethyl adjacent to an activating group) is 1. The van der Waals surface area contributed by atoms with Gasteiger partial charge in [0.1, 0.15) is 5.75 Å². The zero-order valence-electron chi connectivity index (χ0n) is 14.9. The van der Waals surface area contributed by atoms with Crippen LogP contribution in [0.3, 0.4) is 0 Å². The third-order valence-electron chi connectivity index (χ3n) is 4.68. The number of hydrogen-bond acceptors (Lipinski definition) is 4. The third kappa shape index (κ3) is 3.46.